The van der Waals surface area contributed by atoms with Crippen LogP contribution in [0.25, 0.3) is 0 Å². The van der Waals surface area contributed by atoms with Gasteiger partial charge in [-0.3, -0.25) is 4.79 Å². The van der Waals surface area contributed by atoms with Crippen LogP contribution >= 0.6 is 0 Å². The number of carbonyl (C=O) groups is 1. The van der Waals surface area contributed by atoms with Crippen LogP contribution < -0.4 is 4.74 Å². The van der Waals surface area contributed by atoms with Gasteiger partial charge in [-0.05, 0) is 12.1 Å². The van der Waals surface area contributed by atoms with Gasteiger partial charge in [0.15, 0.2) is 11.6 Å². The van der Waals surface area contributed by atoms with E-state index in [0.717, 1.165) is 13.2 Å². The third-order valence-corrected chi connectivity index (χ3v) is 2.17. The lowest BCUT2D eigenvalue weighted by molar-refractivity contribution is -0.136. The third-order valence-electron chi connectivity index (χ3n) is 2.17. The standard InChI is InChI=1S/C11H11F3O3/c1-11(13,14)7-3-6(4-9(15)16)10(17-2)8(12)5-7/h3,5H,4H2,1-2H3,(H,15,16). The first-order valence-electron chi connectivity index (χ1n) is 4.72. The highest BCUT2D eigenvalue weighted by atomic mass is 19.3. The molecule has 3 nitrogen and oxygen atoms in total. The molecule has 0 amide bonds. The Hall–Kier alpha value is -1.72. The van der Waals surface area contributed by atoms with Crippen molar-refractivity contribution in [2.24, 2.45) is 0 Å². The average molecular weight is 248 g/mol. The molecule has 0 fully saturated rings. The Morgan fingerprint density at radius 3 is 2.47 bits per heavy atom. The van der Waals surface area contributed by atoms with Gasteiger partial charge in [0.2, 0.25) is 0 Å². The molecule has 0 aromatic heterocycles. The van der Waals surface area contributed by atoms with Crippen LogP contribution in [0.4, 0.5) is 13.2 Å². The lowest BCUT2D eigenvalue weighted by Gasteiger charge is -2.15. The summed E-state index contributed by atoms with van der Waals surface area (Å²) in [6.07, 6.45) is -0.579. The number of ether oxygens (including phenoxy) is 1. The molecule has 1 aromatic carbocycles. The highest BCUT2D eigenvalue weighted by Crippen LogP contribution is 2.33. The van der Waals surface area contributed by atoms with Gasteiger partial charge in [-0.15, -0.1) is 0 Å². The zero-order chi connectivity index (χ0) is 13.2. The molecule has 0 saturated heterocycles. The molecule has 0 unspecified atom stereocenters. The maximum absolute atomic E-state index is 13.4. The molecule has 0 aliphatic carbocycles. The molecule has 0 aliphatic heterocycles. The van der Waals surface area contributed by atoms with Crippen molar-refractivity contribution < 1.29 is 27.8 Å². The normalized spacial score (nSPS) is 11.4. The highest BCUT2D eigenvalue weighted by Gasteiger charge is 2.27. The van der Waals surface area contributed by atoms with Gasteiger partial charge < -0.3 is 9.84 Å². The predicted molar refractivity (Wildman–Crippen MR) is 53.9 cm³/mol. The van der Waals surface area contributed by atoms with Crippen molar-refractivity contribution in [1.29, 1.82) is 0 Å². The van der Waals surface area contributed by atoms with Crippen LogP contribution in [0, 0.1) is 5.82 Å². The first-order chi connectivity index (χ1) is 7.75. The second-order valence-electron chi connectivity index (χ2n) is 3.61. The number of benzene rings is 1. The highest BCUT2D eigenvalue weighted by molar-refractivity contribution is 5.71. The van der Waals surface area contributed by atoms with Crippen molar-refractivity contribution in [3.63, 3.8) is 0 Å². The number of hydrogen-bond donors (Lipinski definition) is 1. The fourth-order valence-electron chi connectivity index (χ4n) is 1.43. The molecular formula is C11H11F3O3. The van der Waals surface area contributed by atoms with Crippen LogP contribution in [-0.4, -0.2) is 18.2 Å². The predicted octanol–water partition coefficient (Wildman–Crippen LogP) is 2.57. The first kappa shape index (κ1) is 13.3. The zero-order valence-electron chi connectivity index (χ0n) is 9.26. The number of methoxy groups -OCH3 is 1. The van der Waals surface area contributed by atoms with Crippen LogP contribution in [0.2, 0.25) is 0 Å². The Kier molecular flexibility index (Phi) is 3.65. The van der Waals surface area contributed by atoms with E-state index >= 15 is 0 Å². The monoisotopic (exact) mass is 248 g/mol. The molecule has 1 rings (SSSR count). The second kappa shape index (κ2) is 4.65. The van der Waals surface area contributed by atoms with Crippen molar-refractivity contribution in [1.82, 2.24) is 0 Å². The minimum absolute atomic E-state index is 0.114. The van der Waals surface area contributed by atoms with Crippen LogP contribution in [-0.2, 0) is 17.1 Å². The van der Waals surface area contributed by atoms with E-state index in [1.165, 1.54) is 0 Å². The van der Waals surface area contributed by atoms with Gasteiger partial charge in [-0.1, -0.05) is 0 Å². The maximum atomic E-state index is 13.4. The fourth-order valence-corrected chi connectivity index (χ4v) is 1.43. The minimum atomic E-state index is -3.24. The van der Waals surface area contributed by atoms with E-state index in [4.69, 9.17) is 5.11 Å². The molecular weight excluding hydrogens is 237 g/mol. The number of rotatable bonds is 4. The first-order valence-corrected chi connectivity index (χ1v) is 4.72. The number of aliphatic carboxylic acids is 1. The third kappa shape index (κ3) is 3.12. The van der Waals surface area contributed by atoms with Gasteiger partial charge >= 0.3 is 5.97 Å². The van der Waals surface area contributed by atoms with E-state index in [0.29, 0.717) is 13.0 Å². The molecule has 0 atom stereocenters. The van der Waals surface area contributed by atoms with Gasteiger partial charge in [-0.25, -0.2) is 13.2 Å². The Morgan fingerprint density at radius 1 is 1.47 bits per heavy atom. The molecule has 1 aromatic rings. The summed E-state index contributed by atoms with van der Waals surface area (Å²) in [6.45, 7) is 0.610. The van der Waals surface area contributed by atoms with E-state index in [-0.39, 0.29) is 11.3 Å². The average Bonchev–Trinajstić information content (AvgIpc) is 2.14. The Balaban J connectivity index is 3.33. The summed E-state index contributed by atoms with van der Waals surface area (Å²) in [4.78, 5) is 10.5. The molecule has 0 bridgehead atoms. The lowest BCUT2D eigenvalue weighted by atomic mass is 10.0. The molecule has 0 radical (unpaired) electrons. The minimum Gasteiger partial charge on any atom is -0.493 e. The molecule has 1 N–H and O–H groups in total. The molecule has 0 heterocycles. The number of hydrogen-bond acceptors (Lipinski definition) is 2. The summed E-state index contributed by atoms with van der Waals surface area (Å²) in [5.74, 6) is -5.80. The van der Waals surface area contributed by atoms with E-state index < -0.39 is 29.7 Å². The van der Waals surface area contributed by atoms with Gasteiger partial charge in [-0.2, -0.15) is 0 Å². The van der Waals surface area contributed by atoms with Crippen LogP contribution in [0.5, 0.6) is 5.75 Å². The SMILES string of the molecule is COc1c(F)cc(C(C)(F)F)cc1CC(=O)O. The van der Waals surface area contributed by atoms with E-state index in [9.17, 15) is 18.0 Å². The van der Waals surface area contributed by atoms with Crippen LogP contribution in [0.1, 0.15) is 18.1 Å². The fraction of sp³-hybridized carbons (Fsp3) is 0.364. The second-order valence-corrected chi connectivity index (χ2v) is 3.61. The smallest absolute Gasteiger partial charge is 0.307 e. The summed E-state index contributed by atoms with van der Waals surface area (Å²) >= 11 is 0. The van der Waals surface area contributed by atoms with E-state index in [2.05, 4.69) is 4.74 Å². The van der Waals surface area contributed by atoms with Crippen molar-refractivity contribution in [3.8, 4) is 5.75 Å². The van der Waals surface area contributed by atoms with Crippen molar-refractivity contribution in [3.05, 3.63) is 29.1 Å². The number of carboxylic acids is 1. The molecule has 0 aliphatic rings. The van der Waals surface area contributed by atoms with Crippen molar-refractivity contribution in [2.45, 2.75) is 19.3 Å². The number of halogens is 3. The van der Waals surface area contributed by atoms with Crippen molar-refractivity contribution in [2.75, 3.05) is 7.11 Å². The topological polar surface area (TPSA) is 46.5 Å². The van der Waals surface area contributed by atoms with E-state index in [1.807, 2.05) is 0 Å². The molecule has 94 valence electrons. The van der Waals surface area contributed by atoms with Gasteiger partial charge in [0.25, 0.3) is 5.92 Å². The lowest BCUT2D eigenvalue weighted by Crippen LogP contribution is -2.11. The van der Waals surface area contributed by atoms with Crippen LogP contribution in [0.3, 0.4) is 0 Å². The largest absolute Gasteiger partial charge is 0.493 e. The molecule has 0 saturated carbocycles. The Bertz CT molecular complexity index is 438. The number of alkyl halides is 2. The summed E-state index contributed by atoms with van der Waals surface area (Å²) in [6, 6.07) is 1.58. The maximum Gasteiger partial charge on any atom is 0.307 e. The summed E-state index contributed by atoms with van der Waals surface area (Å²) < 4.78 is 44.2. The quantitative estimate of drug-likeness (QED) is 0.890. The van der Waals surface area contributed by atoms with Gasteiger partial charge in [0.05, 0.1) is 13.5 Å². The van der Waals surface area contributed by atoms with Gasteiger partial charge in [0, 0.05) is 18.1 Å². The Labute approximate surface area is 95.8 Å². The summed E-state index contributed by atoms with van der Waals surface area (Å²) in [5.41, 5.74) is -0.691. The molecule has 0 spiro atoms. The number of carboxylic acid groups (broad SMARTS) is 1. The Morgan fingerprint density at radius 2 is 2.06 bits per heavy atom. The molecule has 6 heteroatoms. The van der Waals surface area contributed by atoms with Crippen molar-refractivity contribution >= 4 is 5.97 Å². The van der Waals surface area contributed by atoms with E-state index in [1.54, 1.807) is 0 Å². The summed E-state index contributed by atoms with van der Waals surface area (Å²) in [7, 11) is 1.15. The molecule has 17 heavy (non-hydrogen) atoms. The van der Waals surface area contributed by atoms with Gasteiger partial charge in [0.1, 0.15) is 0 Å². The zero-order valence-corrected chi connectivity index (χ0v) is 9.26. The summed E-state index contributed by atoms with van der Waals surface area (Å²) in [5, 5.41) is 8.61. The van der Waals surface area contributed by atoms with Crippen LogP contribution in [0.15, 0.2) is 12.1 Å².